The Bertz CT molecular complexity index is 438. The van der Waals surface area contributed by atoms with Crippen LogP contribution in [0.1, 0.15) is 50.6 Å². The van der Waals surface area contributed by atoms with Gasteiger partial charge in [-0.1, -0.05) is 37.3 Å². The first kappa shape index (κ1) is 11.8. The van der Waals surface area contributed by atoms with Crippen LogP contribution >= 0.6 is 0 Å². The number of ether oxygens (including phenoxy) is 1. The number of hydrogen-bond donors (Lipinski definition) is 0. The molecule has 0 fully saturated rings. The van der Waals surface area contributed by atoms with Gasteiger partial charge in [-0.2, -0.15) is 4.58 Å². The molecule has 2 heterocycles. The van der Waals surface area contributed by atoms with Gasteiger partial charge < -0.3 is 4.74 Å². The highest BCUT2D eigenvalue weighted by molar-refractivity contribution is 5.72. The Balaban J connectivity index is 1.91. The quantitative estimate of drug-likeness (QED) is 0.741. The molecule has 96 valence electrons. The lowest BCUT2D eigenvalue weighted by Gasteiger charge is -2.21. The summed E-state index contributed by atoms with van der Waals surface area (Å²) >= 11 is 0. The van der Waals surface area contributed by atoms with Gasteiger partial charge in [-0.15, -0.1) is 0 Å². The monoisotopic (exact) mass is 244 g/mol. The van der Waals surface area contributed by atoms with Crippen molar-refractivity contribution in [1.29, 1.82) is 0 Å². The van der Waals surface area contributed by atoms with Crippen molar-refractivity contribution in [2.24, 2.45) is 0 Å². The molecule has 0 unspecified atom stereocenters. The first-order chi connectivity index (χ1) is 8.90. The highest BCUT2D eigenvalue weighted by Crippen LogP contribution is 2.31. The molecule has 2 aliphatic heterocycles. The summed E-state index contributed by atoms with van der Waals surface area (Å²) in [5.74, 6) is 1.24. The zero-order valence-electron chi connectivity index (χ0n) is 11.1. The minimum Gasteiger partial charge on any atom is -0.441 e. The summed E-state index contributed by atoms with van der Waals surface area (Å²) in [4.78, 5) is 0. The lowest BCUT2D eigenvalue weighted by molar-refractivity contribution is -0.604. The van der Waals surface area contributed by atoms with E-state index in [9.17, 15) is 0 Å². The molecule has 0 spiro atoms. The molecule has 0 saturated heterocycles. The van der Waals surface area contributed by atoms with E-state index in [0.717, 1.165) is 13.0 Å². The van der Waals surface area contributed by atoms with E-state index in [1.807, 2.05) is 0 Å². The van der Waals surface area contributed by atoms with Crippen LogP contribution in [0, 0.1) is 0 Å². The molecule has 0 radical (unpaired) electrons. The van der Waals surface area contributed by atoms with E-state index in [0.29, 0.717) is 12.1 Å². The molecule has 0 bridgehead atoms. The number of hydrogen-bond acceptors (Lipinski definition) is 1. The van der Waals surface area contributed by atoms with E-state index in [1.54, 1.807) is 0 Å². The normalized spacial score (nSPS) is 26.9. The van der Waals surface area contributed by atoms with E-state index in [4.69, 9.17) is 4.74 Å². The molecule has 0 aliphatic carbocycles. The van der Waals surface area contributed by atoms with Crippen LogP contribution in [-0.2, 0) is 4.74 Å². The van der Waals surface area contributed by atoms with Crippen molar-refractivity contribution in [1.82, 2.24) is 0 Å². The van der Waals surface area contributed by atoms with Crippen LogP contribution in [0.3, 0.4) is 0 Å². The Morgan fingerprint density at radius 2 is 2.11 bits per heavy atom. The van der Waals surface area contributed by atoms with Gasteiger partial charge in [0.2, 0.25) is 6.04 Å². The average molecular weight is 244 g/mol. The minimum atomic E-state index is 0.443. The third kappa shape index (κ3) is 2.05. The molecule has 0 aromatic heterocycles. The van der Waals surface area contributed by atoms with E-state index >= 15 is 0 Å². The Morgan fingerprint density at radius 1 is 1.28 bits per heavy atom. The summed E-state index contributed by atoms with van der Waals surface area (Å²) in [7, 11) is 0. The van der Waals surface area contributed by atoms with Crippen molar-refractivity contribution in [3.8, 4) is 0 Å². The number of benzene rings is 1. The maximum Gasteiger partial charge on any atom is 0.337 e. The van der Waals surface area contributed by atoms with E-state index in [2.05, 4.69) is 41.8 Å². The van der Waals surface area contributed by atoms with Crippen LogP contribution in [0.2, 0.25) is 0 Å². The van der Waals surface area contributed by atoms with Gasteiger partial charge in [0.1, 0.15) is 0 Å². The van der Waals surface area contributed by atoms with Gasteiger partial charge in [0.15, 0.2) is 12.6 Å². The highest BCUT2D eigenvalue weighted by Gasteiger charge is 2.42. The Labute approximate surface area is 109 Å². The van der Waals surface area contributed by atoms with Gasteiger partial charge in [-0.3, -0.25) is 0 Å². The van der Waals surface area contributed by atoms with Gasteiger partial charge in [0.05, 0.1) is 6.42 Å². The predicted octanol–water partition coefficient (Wildman–Crippen LogP) is 3.52. The van der Waals surface area contributed by atoms with Gasteiger partial charge >= 0.3 is 5.90 Å². The molecule has 2 heteroatoms. The number of nitrogens with zero attached hydrogens (tertiary/aromatic N) is 1. The molecule has 0 saturated carbocycles. The second-order valence-corrected chi connectivity index (χ2v) is 5.37. The standard InChI is InChI=1S/C16H22NO/c1-2-7-14-10-6-11-16-17(14)15(12-18-16)13-8-4-3-5-9-13/h3-5,8-9,14-15H,2,6-7,10-12H2,1H3/q+1/t14-,15-/m0/s1. The molecule has 0 N–H and O–H groups in total. The third-order valence-corrected chi connectivity index (χ3v) is 4.16. The van der Waals surface area contributed by atoms with Crippen molar-refractivity contribution in [3.05, 3.63) is 35.9 Å². The summed E-state index contributed by atoms with van der Waals surface area (Å²) in [6.07, 6.45) is 6.29. The lowest BCUT2D eigenvalue weighted by Crippen LogP contribution is -2.34. The molecule has 3 rings (SSSR count). The van der Waals surface area contributed by atoms with Gasteiger partial charge in [0, 0.05) is 18.4 Å². The highest BCUT2D eigenvalue weighted by atomic mass is 16.5. The second-order valence-electron chi connectivity index (χ2n) is 5.37. The lowest BCUT2D eigenvalue weighted by atomic mass is 9.97. The fourth-order valence-electron chi connectivity index (χ4n) is 3.34. The SMILES string of the molecule is CCC[C@H]1CCCC2=[N+]1[C@H](c1ccccc1)CO2. The van der Waals surface area contributed by atoms with Crippen molar-refractivity contribution in [2.45, 2.75) is 51.1 Å². The summed E-state index contributed by atoms with van der Waals surface area (Å²) in [6, 6.07) is 11.9. The van der Waals surface area contributed by atoms with Crippen molar-refractivity contribution in [3.63, 3.8) is 0 Å². The van der Waals surface area contributed by atoms with Crippen LogP contribution in [0.5, 0.6) is 0 Å². The van der Waals surface area contributed by atoms with Crippen LogP contribution in [0.4, 0.5) is 0 Å². The van der Waals surface area contributed by atoms with Crippen molar-refractivity contribution in [2.75, 3.05) is 6.61 Å². The molecule has 1 aromatic rings. The van der Waals surface area contributed by atoms with Gasteiger partial charge in [0.25, 0.3) is 0 Å². The molecular formula is C16H22NO+. The summed E-state index contributed by atoms with van der Waals surface area (Å²) in [5.41, 5.74) is 1.40. The first-order valence-corrected chi connectivity index (χ1v) is 7.22. The Kier molecular flexibility index (Phi) is 3.35. The molecule has 0 amide bonds. The van der Waals surface area contributed by atoms with E-state index in [-0.39, 0.29) is 0 Å². The summed E-state index contributed by atoms with van der Waals surface area (Å²) < 4.78 is 8.51. The van der Waals surface area contributed by atoms with Gasteiger partial charge in [-0.05, 0) is 12.8 Å². The smallest absolute Gasteiger partial charge is 0.337 e. The molecular weight excluding hydrogens is 222 g/mol. The zero-order valence-corrected chi connectivity index (χ0v) is 11.1. The van der Waals surface area contributed by atoms with Crippen LogP contribution in [0.15, 0.2) is 30.3 Å². The maximum absolute atomic E-state index is 5.94. The maximum atomic E-state index is 5.94. The molecule has 18 heavy (non-hydrogen) atoms. The molecule has 2 aliphatic rings. The van der Waals surface area contributed by atoms with Crippen LogP contribution in [-0.4, -0.2) is 23.1 Å². The van der Waals surface area contributed by atoms with E-state index in [1.165, 1.54) is 37.1 Å². The Morgan fingerprint density at radius 3 is 2.89 bits per heavy atom. The molecule has 2 atom stereocenters. The van der Waals surface area contributed by atoms with Gasteiger partial charge in [-0.25, -0.2) is 0 Å². The first-order valence-electron chi connectivity index (χ1n) is 7.22. The fourth-order valence-corrected chi connectivity index (χ4v) is 3.34. The topological polar surface area (TPSA) is 12.2 Å². The molecule has 2 nitrogen and oxygen atoms in total. The molecule has 1 aromatic carbocycles. The summed E-state index contributed by atoms with van der Waals surface area (Å²) in [6.45, 7) is 3.11. The third-order valence-electron chi connectivity index (χ3n) is 4.16. The van der Waals surface area contributed by atoms with Crippen LogP contribution in [0.25, 0.3) is 0 Å². The largest absolute Gasteiger partial charge is 0.441 e. The predicted molar refractivity (Wildman–Crippen MR) is 72.9 cm³/mol. The fraction of sp³-hybridized carbons (Fsp3) is 0.562. The second kappa shape index (κ2) is 5.13. The number of rotatable bonds is 3. The Hall–Kier alpha value is -1.31. The van der Waals surface area contributed by atoms with Crippen LogP contribution < -0.4 is 0 Å². The summed E-state index contributed by atoms with van der Waals surface area (Å²) in [5, 5.41) is 0. The van der Waals surface area contributed by atoms with E-state index < -0.39 is 0 Å². The van der Waals surface area contributed by atoms with Crippen molar-refractivity contribution < 1.29 is 9.31 Å². The minimum absolute atomic E-state index is 0.443. The average Bonchev–Trinajstić information content (AvgIpc) is 2.85. The van der Waals surface area contributed by atoms with Crippen molar-refractivity contribution >= 4 is 5.90 Å². The zero-order chi connectivity index (χ0) is 12.4.